The van der Waals surface area contributed by atoms with Crippen LogP contribution in [0.5, 0.6) is 10.9 Å². The zero-order valence-electron chi connectivity index (χ0n) is 7.98. The van der Waals surface area contributed by atoms with E-state index in [9.17, 15) is 4.39 Å². The van der Waals surface area contributed by atoms with Crippen molar-refractivity contribution in [2.45, 2.75) is 6.54 Å². The van der Waals surface area contributed by atoms with Crippen molar-refractivity contribution in [3.05, 3.63) is 33.5 Å². The number of hydrogen-bond donors (Lipinski definition) is 1. The highest BCUT2D eigenvalue weighted by atomic mass is 79.9. The molecule has 1 heterocycles. The van der Waals surface area contributed by atoms with Gasteiger partial charge in [0, 0.05) is 6.54 Å². The van der Waals surface area contributed by atoms with E-state index in [-0.39, 0.29) is 5.82 Å². The molecule has 0 fully saturated rings. The third kappa shape index (κ3) is 2.55. The molecule has 0 radical (unpaired) electrons. The first-order valence-corrected chi connectivity index (χ1v) is 5.95. The van der Waals surface area contributed by atoms with Gasteiger partial charge in [0.05, 0.1) is 4.47 Å². The molecular weight excluding hydrogens is 297 g/mol. The van der Waals surface area contributed by atoms with Crippen molar-refractivity contribution < 1.29 is 9.13 Å². The lowest BCUT2D eigenvalue weighted by molar-refractivity contribution is 0.470. The largest absolute Gasteiger partial charge is 0.430 e. The molecular formula is C9H7BrFN3OS. The first-order valence-electron chi connectivity index (χ1n) is 4.34. The second-order valence-electron chi connectivity index (χ2n) is 2.84. The zero-order chi connectivity index (χ0) is 11.5. The third-order valence-corrected chi connectivity index (χ3v) is 3.15. The van der Waals surface area contributed by atoms with E-state index in [0.717, 1.165) is 0 Å². The monoisotopic (exact) mass is 303 g/mol. The Morgan fingerprint density at radius 1 is 1.44 bits per heavy atom. The van der Waals surface area contributed by atoms with Crippen LogP contribution in [-0.2, 0) is 6.54 Å². The molecule has 0 bridgehead atoms. The van der Waals surface area contributed by atoms with Crippen LogP contribution in [0.25, 0.3) is 0 Å². The fourth-order valence-electron chi connectivity index (χ4n) is 1.00. The van der Waals surface area contributed by atoms with Crippen LogP contribution in [0, 0.1) is 5.82 Å². The van der Waals surface area contributed by atoms with Gasteiger partial charge in [0.25, 0.3) is 5.19 Å². The fourth-order valence-corrected chi connectivity index (χ4v) is 1.95. The van der Waals surface area contributed by atoms with Crippen LogP contribution in [0.2, 0.25) is 0 Å². The van der Waals surface area contributed by atoms with Crippen molar-refractivity contribution in [3.8, 4) is 10.9 Å². The number of hydrogen-bond acceptors (Lipinski definition) is 5. The molecule has 2 aromatic rings. The molecule has 1 aromatic carbocycles. The molecule has 0 unspecified atom stereocenters. The van der Waals surface area contributed by atoms with Crippen LogP contribution < -0.4 is 10.5 Å². The normalized spacial score (nSPS) is 10.4. The van der Waals surface area contributed by atoms with Gasteiger partial charge >= 0.3 is 0 Å². The summed E-state index contributed by atoms with van der Waals surface area (Å²) in [5.74, 6) is 0.153. The molecule has 2 rings (SSSR count). The van der Waals surface area contributed by atoms with Crippen LogP contribution in [0.4, 0.5) is 4.39 Å². The van der Waals surface area contributed by atoms with Crippen molar-refractivity contribution in [1.29, 1.82) is 0 Å². The van der Waals surface area contributed by atoms with Crippen LogP contribution in [0.3, 0.4) is 0 Å². The minimum atomic E-state index is -0.340. The maximum Gasteiger partial charge on any atom is 0.299 e. The van der Waals surface area contributed by atoms with Crippen molar-refractivity contribution in [2.24, 2.45) is 5.73 Å². The summed E-state index contributed by atoms with van der Waals surface area (Å²) in [5.41, 5.74) is 5.40. The summed E-state index contributed by atoms with van der Waals surface area (Å²) in [7, 11) is 0. The Morgan fingerprint density at radius 3 is 2.88 bits per heavy atom. The zero-order valence-corrected chi connectivity index (χ0v) is 10.4. The SMILES string of the molecule is NCc1nnc(Oc2ccc(F)c(Br)c2)s1. The van der Waals surface area contributed by atoms with Crippen molar-refractivity contribution in [1.82, 2.24) is 10.2 Å². The summed E-state index contributed by atoms with van der Waals surface area (Å²) in [4.78, 5) is 0. The van der Waals surface area contributed by atoms with E-state index in [0.29, 0.717) is 27.0 Å². The minimum absolute atomic E-state index is 0.328. The van der Waals surface area contributed by atoms with Crippen LogP contribution >= 0.6 is 27.3 Å². The van der Waals surface area contributed by atoms with Gasteiger partial charge in [-0.3, -0.25) is 0 Å². The first kappa shape index (κ1) is 11.4. The van der Waals surface area contributed by atoms with Gasteiger partial charge in [0.1, 0.15) is 16.6 Å². The van der Waals surface area contributed by atoms with Gasteiger partial charge < -0.3 is 10.5 Å². The number of ether oxygens (including phenoxy) is 1. The molecule has 0 saturated carbocycles. The summed E-state index contributed by atoms with van der Waals surface area (Å²) < 4.78 is 18.7. The number of halogens is 2. The van der Waals surface area contributed by atoms with Crippen molar-refractivity contribution in [2.75, 3.05) is 0 Å². The second-order valence-corrected chi connectivity index (χ2v) is 4.72. The standard InChI is InChI=1S/C9H7BrFN3OS/c10-6-3-5(1-2-7(6)11)15-9-14-13-8(4-12)16-9/h1-3H,4,12H2. The molecule has 0 amide bonds. The molecule has 2 N–H and O–H groups in total. The Kier molecular flexibility index (Phi) is 3.47. The Balaban J connectivity index is 2.17. The Hall–Kier alpha value is -1.05. The Labute approximate surface area is 103 Å². The molecule has 0 spiro atoms. The molecule has 7 heteroatoms. The first-order chi connectivity index (χ1) is 7.69. The molecule has 0 aliphatic rings. The fraction of sp³-hybridized carbons (Fsp3) is 0.111. The molecule has 0 atom stereocenters. The predicted octanol–water partition coefficient (Wildman–Crippen LogP) is 2.69. The van der Waals surface area contributed by atoms with Gasteiger partial charge in [-0.15, -0.1) is 5.10 Å². The summed E-state index contributed by atoms with van der Waals surface area (Å²) in [6.07, 6.45) is 0. The highest BCUT2D eigenvalue weighted by molar-refractivity contribution is 9.10. The minimum Gasteiger partial charge on any atom is -0.430 e. The molecule has 16 heavy (non-hydrogen) atoms. The van der Waals surface area contributed by atoms with E-state index < -0.39 is 0 Å². The van der Waals surface area contributed by atoms with E-state index in [1.165, 1.54) is 29.5 Å². The highest BCUT2D eigenvalue weighted by Gasteiger charge is 2.06. The smallest absolute Gasteiger partial charge is 0.299 e. The van der Waals surface area contributed by atoms with Gasteiger partial charge in [0.15, 0.2) is 0 Å². The number of rotatable bonds is 3. The van der Waals surface area contributed by atoms with Crippen molar-refractivity contribution in [3.63, 3.8) is 0 Å². The van der Waals surface area contributed by atoms with Gasteiger partial charge in [-0.1, -0.05) is 16.4 Å². The quantitative estimate of drug-likeness (QED) is 0.947. The van der Waals surface area contributed by atoms with Gasteiger partial charge in [-0.2, -0.15) is 0 Å². The number of aromatic nitrogens is 2. The second kappa shape index (κ2) is 4.86. The van der Waals surface area contributed by atoms with Gasteiger partial charge in [-0.25, -0.2) is 4.39 Å². The number of nitrogens with zero attached hydrogens (tertiary/aromatic N) is 2. The van der Waals surface area contributed by atoms with E-state index in [1.807, 2.05) is 0 Å². The average molecular weight is 304 g/mol. The van der Waals surface area contributed by atoms with Crippen LogP contribution in [0.15, 0.2) is 22.7 Å². The molecule has 0 aliphatic heterocycles. The van der Waals surface area contributed by atoms with E-state index in [1.54, 1.807) is 0 Å². The van der Waals surface area contributed by atoms with E-state index in [4.69, 9.17) is 10.5 Å². The lowest BCUT2D eigenvalue weighted by atomic mass is 10.3. The molecule has 84 valence electrons. The van der Waals surface area contributed by atoms with Gasteiger partial charge in [0.2, 0.25) is 0 Å². The number of nitrogens with two attached hydrogens (primary N) is 1. The predicted molar refractivity (Wildman–Crippen MR) is 62.0 cm³/mol. The summed E-state index contributed by atoms with van der Waals surface area (Å²) in [6, 6.07) is 4.35. The maximum atomic E-state index is 13.0. The molecule has 0 saturated heterocycles. The molecule has 4 nitrogen and oxygen atoms in total. The highest BCUT2D eigenvalue weighted by Crippen LogP contribution is 2.28. The van der Waals surface area contributed by atoms with Crippen LogP contribution in [0.1, 0.15) is 5.01 Å². The summed E-state index contributed by atoms with van der Waals surface area (Å²) in [5, 5.41) is 8.67. The Bertz CT molecular complexity index is 505. The summed E-state index contributed by atoms with van der Waals surface area (Å²) in [6.45, 7) is 0.328. The van der Waals surface area contributed by atoms with Crippen molar-refractivity contribution >= 4 is 27.3 Å². The molecule has 0 aliphatic carbocycles. The number of benzene rings is 1. The topological polar surface area (TPSA) is 61.0 Å². The third-order valence-electron chi connectivity index (χ3n) is 1.72. The van der Waals surface area contributed by atoms with Crippen LogP contribution in [-0.4, -0.2) is 10.2 Å². The average Bonchev–Trinajstić information content (AvgIpc) is 2.71. The summed E-state index contributed by atoms with van der Waals surface area (Å²) >= 11 is 4.33. The lowest BCUT2D eigenvalue weighted by Gasteiger charge is -2.01. The molecule has 1 aromatic heterocycles. The maximum absolute atomic E-state index is 13.0. The van der Waals surface area contributed by atoms with E-state index in [2.05, 4.69) is 26.1 Å². The Morgan fingerprint density at radius 2 is 2.25 bits per heavy atom. The lowest BCUT2D eigenvalue weighted by Crippen LogP contribution is -1.94. The van der Waals surface area contributed by atoms with E-state index >= 15 is 0 Å². The van der Waals surface area contributed by atoms with Gasteiger partial charge in [-0.05, 0) is 34.1 Å².